The van der Waals surface area contributed by atoms with Crippen molar-refractivity contribution in [2.75, 3.05) is 20.2 Å². The fourth-order valence-electron chi connectivity index (χ4n) is 2.08. The van der Waals surface area contributed by atoms with E-state index in [4.69, 9.17) is 4.74 Å². The van der Waals surface area contributed by atoms with Crippen molar-refractivity contribution in [3.63, 3.8) is 0 Å². The topological polar surface area (TPSA) is 67.4 Å². The summed E-state index contributed by atoms with van der Waals surface area (Å²) in [4.78, 5) is 0.155. The first kappa shape index (κ1) is 17.7. The first-order valence-electron chi connectivity index (χ1n) is 6.09. The number of benzene rings is 1. The highest BCUT2D eigenvalue weighted by Crippen LogP contribution is 2.27. The third-order valence-corrected chi connectivity index (χ3v) is 5.04. The summed E-state index contributed by atoms with van der Waals surface area (Å²) in [6.45, 7) is 1.35. The molecule has 0 amide bonds. The minimum Gasteiger partial charge on any atom is -0.495 e. The monoisotopic (exact) mass is 384 g/mol. The van der Waals surface area contributed by atoms with E-state index in [0.29, 0.717) is 16.8 Å². The van der Waals surface area contributed by atoms with Gasteiger partial charge in [-0.05, 0) is 37.6 Å². The molecule has 20 heavy (non-hydrogen) atoms. The van der Waals surface area contributed by atoms with Crippen molar-refractivity contribution in [3.8, 4) is 5.75 Å². The van der Waals surface area contributed by atoms with E-state index in [1.165, 1.54) is 7.11 Å². The van der Waals surface area contributed by atoms with Gasteiger partial charge in [0.1, 0.15) is 10.6 Å². The molecule has 1 aliphatic heterocycles. The molecule has 0 spiro atoms. The molecule has 0 saturated carbocycles. The van der Waals surface area contributed by atoms with Crippen LogP contribution in [0.2, 0.25) is 0 Å². The average molecular weight is 386 g/mol. The minimum atomic E-state index is -3.56. The molecule has 0 aromatic heterocycles. The Bertz CT molecular complexity index is 548. The lowest BCUT2D eigenvalue weighted by molar-refractivity contribution is 0.402. The van der Waals surface area contributed by atoms with Crippen molar-refractivity contribution in [2.45, 2.75) is 23.8 Å². The second-order valence-electron chi connectivity index (χ2n) is 4.44. The number of rotatable bonds is 5. The third-order valence-electron chi connectivity index (χ3n) is 3.10. The summed E-state index contributed by atoms with van der Waals surface area (Å²) < 4.78 is 33.0. The highest BCUT2D eigenvalue weighted by Gasteiger charge is 2.22. The van der Waals surface area contributed by atoms with E-state index in [1.807, 2.05) is 0 Å². The van der Waals surface area contributed by atoms with E-state index in [0.717, 1.165) is 19.4 Å². The number of ether oxygens (including phenoxy) is 1. The summed E-state index contributed by atoms with van der Waals surface area (Å²) in [5, 5.41) is 3.25. The van der Waals surface area contributed by atoms with Crippen LogP contribution in [-0.4, -0.2) is 34.7 Å². The van der Waals surface area contributed by atoms with Gasteiger partial charge in [0.15, 0.2) is 0 Å². The largest absolute Gasteiger partial charge is 0.495 e. The van der Waals surface area contributed by atoms with Crippen LogP contribution in [0.4, 0.5) is 0 Å². The minimum absolute atomic E-state index is 0. The van der Waals surface area contributed by atoms with Gasteiger partial charge in [-0.15, -0.1) is 12.4 Å². The number of hydrogen-bond donors (Lipinski definition) is 2. The van der Waals surface area contributed by atoms with Crippen LogP contribution in [0.1, 0.15) is 12.8 Å². The van der Waals surface area contributed by atoms with Crippen molar-refractivity contribution in [1.82, 2.24) is 10.0 Å². The van der Waals surface area contributed by atoms with Gasteiger partial charge in [-0.1, -0.05) is 15.9 Å². The van der Waals surface area contributed by atoms with Crippen LogP contribution in [0.15, 0.2) is 27.6 Å². The maximum Gasteiger partial charge on any atom is 0.244 e. The molecule has 1 aromatic carbocycles. The van der Waals surface area contributed by atoms with Crippen LogP contribution in [-0.2, 0) is 10.0 Å². The normalized spacial score (nSPS) is 18.6. The zero-order valence-corrected chi connectivity index (χ0v) is 14.3. The van der Waals surface area contributed by atoms with Crippen LogP contribution in [0.25, 0.3) is 0 Å². The lowest BCUT2D eigenvalue weighted by atomic mass is 10.2. The van der Waals surface area contributed by atoms with Gasteiger partial charge in [-0.2, -0.15) is 0 Å². The molecular weight excluding hydrogens is 368 g/mol. The first-order chi connectivity index (χ1) is 9.03. The molecule has 1 aliphatic rings. The van der Waals surface area contributed by atoms with Crippen LogP contribution in [0.5, 0.6) is 5.75 Å². The zero-order chi connectivity index (χ0) is 13.9. The quantitative estimate of drug-likeness (QED) is 0.812. The molecule has 1 heterocycles. The van der Waals surface area contributed by atoms with Gasteiger partial charge in [-0.3, -0.25) is 0 Å². The van der Waals surface area contributed by atoms with E-state index < -0.39 is 10.0 Å². The van der Waals surface area contributed by atoms with E-state index in [1.54, 1.807) is 18.2 Å². The standard InChI is InChI=1S/C12H17BrN2O3S.ClH/c1-18-11-5-4-9(13)7-12(11)19(16,17)15-8-10-3-2-6-14-10;/h4-5,7,10,14-15H,2-3,6,8H2,1H3;1H. The maximum atomic E-state index is 12.3. The van der Waals surface area contributed by atoms with Gasteiger partial charge in [0, 0.05) is 17.1 Å². The third kappa shape index (κ3) is 4.33. The smallest absolute Gasteiger partial charge is 0.244 e. The molecule has 2 rings (SSSR count). The Labute approximate surface area is 134 Å². The molecule has 1 unspecified atom stereocenters. The maximum absolute atomic E-state index is 12.3. The van der Waals surface area contributed by atoms with E-state index >= 15 is 0 Å². The average Bonchev–Trinajstić information content (AvgIpc) is 2.89. The predicted octanol–water partition coefficient (Wildman–Crippen LogP) is 1.91. The number of hydrogen-bond acceptors (Lipinski definition) is 4. The Morgan fingerprint density at radius 3 is 2.85 bits per heavy atom. The van der Waals surface area contributed by atoms with Crippen LogP contribution in [0.3, 0.4) is 0 Å². The van der Waals surface area contributed by atoms with Gasteiger partial charge in [0.25, 0.3) is 0 Å². The van der Waals surface area contributed by atoms with Gasteiger partial charge < -0.3 is 10.1 Å². The van der Waals surface area contributed by atoms with Crippen molar-refractivity contribution >= 4 is 38.4 Å². The molecule has 0 radical (unpaired) electrons. The molecular formula is C12H18BrClN2O3S. The molecule has 2 N–H and O–H groups in total. The summed E-state index contributed by atoms with van der Waals surface area (Å²) in [7, 11) is -2.10. The lowest BCUT2D eigenvalue weighted by Gasteiger charge is -2.14. The summed E-state index contributed by atoms with van der Waals surface area (Å²) in [6.07, 6.45) is 2.09. The van der Waals surface area contributed by atoms with Crippen LogP contribution in [0, 0.1) is 0 Å². The summed E-state index contributed by atoms with van der Waals surface area (Å²) in [5.41, 5.74) is 0. The molecule has 1 saturated heterocycles. The van der Waals surface area contributed by atoms with Crippen molar-refractivity contribution in [2.24, 2.45) is 0 Å². The predicted molar refractivity (Wildman–Crippen MR) is 84.2 cm³/mol. The van der Waals surface area contributed by atoms with Crippen LogP contribution >= 0.6 is 28.3 Å². The Hall–Kier alpha value is -0.340. The second kappa shape index (κ2) is 7.61. The van der Waals surface area contributed by atoms with E-state index in [2.05, 4.69) is 26.0 Å². The number of sulfonamides is 1. The van der Waals surface area contributed by atoms with Crippen molar-refractivity contribution < 1.29 is 13.2 Å². The van der Waals surface area contributed by atoms with E-state index in [9.17, 15) is 8.42 Å². The van der Waals surface area contributed by atoms with Crippen molar-refractivity contribution in [1.29, 1.82) is 0 Å². The van der Waals surface area contributed by atoms with E-state index in [-0.39, 0.29) is 23.3 Å². The Kier molecular flexibility index (Phi) is 6.74. The Morgan fingerprint density at radius 1 is 1.50 bits per heavy atom. The van der Waals surface area contributed by atoms with Gasteiger partial charge in [-0.25, -0.2) is 13.1 Å². The number of halogens is 2. The van der Waals surface area contributed by atoms with Crippen molar-refractivity contribution in [3.05, 3.63) is 22.7 Å². The van der Waals surface area contributed by atoms with Gasteiger partial charge in [0.05, 0.1) is 7.11 Å². The SMILES string of the molecule is COc1ccc(Br)cc1S(=O)(=O)NCC1CCCN1.Cl. The zero-order valence-electron chi connectivity index (χ0n) is 11.1. The molecule has 1 fully saturated rings. The number of methoxy groups -OCH3 is 1. The van der Waals surface area contributed by atoms with Crippen LogP contribution < -0.4 is 14.8 Å². The highest BCUT2D eigenvalue weighted by molar-refractivity contribution is 9.10. The lowest BCUT2D eigenvalue weighted by Crippen LogP contribution is -2.37. The van der Waals surface area contributed by atoms with Gasteiger partial charge in [0.2, 0.25) is 10.0 Å². The molecule has 8 heteroatoms. The number of nitrogens with one attached hydrogen (secondary N) is 2. The molecule has 0 bridgehead atoms. The second-order valence-corrected chi connectivity index (χ2v) is 7.09. The summed E-state index contributed by atoms with van der Waals surface area (Å²) in [6, 6.07) is 5.14. The highest BCUT2D eigenvalue weighted by atomic mass is 79.9. The fraction of sp³-hybridized carbons (Fsp3) is 0.500. The van der Waals surface area contributed by atoms with Gasteiger partial charge >= 0.3 is 0 Å². The molecule has 114 valence electrons. The molecule has 5 nitrogen and oxygen atoms in total. The summed E-state index contributed by atoms with van der Waals surface area (Å²) >= 11 is 3.28. The molecule has 1 atom stereocenters. The Morgan fingerprint density at radius 2 is 2.25 bits per heavy atom. The molecule has 1 aromatic rings. The fourth-order valence-corrected chi connectivity index (χ4v) is 3.87. The Balaban J connectivity index is 0.00000200. The summed E-state index contributed by atoms with van der Waals surface area (Å²) in [5.74, 6) is 0.343. The first-order valence-corrected chi connectivity index (χ1v) is 8.37. The molecule has 0 aliphatic carbocycles.